The lowest BCUT2D eigenvalue weighted by molar-refractivity contribution is -0.121. The molecule has 0 saturated carbocycles. The molecule has 0 aliphatic carbocycles. The predicted molar refractivity (Wildman–Crippen MR) is 182 cm³/mol. The summed E-state index contributed by atoms with van der Waals surface area (Å²) in [5, 5.41) is 2.88. The Morgan fingerprint density at radius 3 is 2.00 bits per heavy atom. The number of hydrogen-bond acceptors (Lipinski definition) is 6. The van der Waals surface area contributed by atoms with Crippen molar-refractivity contribution in [1.82, 2.24) is 0 Å². The van der Waals surface area contributed by atoms with Crippen molar-refractivity contribution in [2.75, 3.05) is 28.3 Å². The fraction of sp³-hybridized carbons (Fsp3) is 0.143. The number of halogens is 1. The molecule has 10 heteroatoms. The summed E-state index contributed by atoms with van der Waals surface area (Å²) in [7, 11) is 0. The second-order valence-electron chi connectivity index (χ2n) is 10.2. The molecule has 0 unspecified atom stereocenters. The van der Waals surface area contributed by atoms with Gasteiger partial charge in [0.1, 0.15) is 5.57 Å². The quantitative estimate of drug-likeness (QED) is 0.115. The molecule has 0 radical (unpaired) electrons. The van der Waals surface area contributed by atoms with Crippen LogP contribution in [0.25, 0.3) is 6.08 Å². The number of imide groups is 2. The SMILES string of the molecule is CCOc1cc(C=C2C(=O)N(c3ccccc3)C(=O)N(c3ccccc3)C2=O)cc(I)c1OCC(=O)Nc1cc(C)ccc1C. The third kappa shape index (κ3) is 6.91. The third-order valence-corrected chi connectivity index (χ3v) is 7.74. The van der Waals surface area contributed by atoms with Crippen LogP contribution in [0.2, 0.25) is 0 Å². The highest BCUT2D eigenvalue weighted by atomic mass is 127. The number of ether oxygens (including phenoxy) is 2. The van der Waals surface area contributed by atoms with E-state index in [2.05, 4.69) is 27.9 Å². The molecular formula is C35H30IN3O6. The summed E-state index contributed by atoms with van der Waals surface area (Å²) < 4.78 is 12.4. The van der Waals surface area contributed by atoms with E-state index in [1.807, 2.05) is 39.0 Å². The van der Waals surface area contributed by atoms with Gasteiger partial charge in [-0.05, 0) is 109 Å². The lowest BCUT2D eigenvalue weighted by atomic mass is 10.0. The Hall–Kier alpha value is -4.97. The Bertz CT molecular complexity index is 1740. The first-order valence-electron chi connectivity index (χ1n) is 14.2. The Morgan fingerprint density at radius 2 is 1.42 bits per heavy atom. The van der Waals surface area contributed by atoms with Gasteiger partial charge in [-0.3, -0.25) is 14.4 Å². The number of rotatable bonds is 9. The molecule has 5 rings (SSSR count). The van der Waals surface area contributed by atoms with Crippen molar-refractivity contribution in [3.05, 3.63) is 117 Å². The van der Waals surface area contributed by atoms with Crippen molar-refractivity contribution in [3.8, 4) is 11.5 Å². The lowest BCUT2D eigenvalue weighted by Gasteiger charge is -2.34. The molecule has 0 bridgehead atoms. The summed E-state index contributed by atoms with van der Waals surface area (Å²) in [6.07, 6.45) is 1.44. The van der Waals surface area contributed by atoms with Crippen LogP contribution in [-0.2, 0) is 14.4 Å². The minimum absolute atomic E-state index is 0.206. The molecule has 9 nitrogen and oxygen atoms in total. The second kappa shape index (κ2) is 13.8. The highest BCUT2D eigenvalue weighted by molar-refractivity contribution is 14.1. The molecule has 0 atom stereocenters. The fourth-order valence-corrected chi connectivity index (χ4v) is 5.56. The fourth-order valence-electron chi connectivity index (χ4n) is 4.77. The molecule has 1 saturated heterocycles. The summed E-state index contributed by atoms with van der Waals surface area (Å²) >= 11 is 2.06. The van der Waals surface area contributed by atoms with Crippen LogP contribution < -0.4 is 24.6 Å². The molecule has 1 aliphatic rings. The topological polar surface area (TPSA) is 105 Å². The first kappa shape index (κ1) is 31.5. The third-order valence-electron chi connectivity index (χ3n) is 6.94. The van der Waals surface area contributed by atoms with E-state index in [0.717, 1.165) is 20.9 Å². The van der Waals surface area contributed by atoms with Gasteiger partial charge in [-0.25, -0.2) is 14.6 Å². The Kier molecular flexibility index (Phi) is 9.62. The van der Waals surface area contributed by atoms with Crippen molar-refractivity contribution in [2.24, 2.45) is 0 Å². The number of anilines is 3. The van der Waals surface area contributed by atoms with Crippen molar-refractivity contribution in [3.63, 3.8) is 0 Å². The van der Waals surface area contributed by atoms with E-state index in [1.54, 1.807) is 72.8 Å². The molecule has 1 aliphatic heterocycles. The van der Waals surface area contributed by atoms with E-state index in [-0.39, 0.29) is 18.1 Å². The van der Waals surface area contributed by atoms with Crippen LogP contribution in [-0.4, -0.2) is 37.0 Å². The molecule has 228 valence electrons. The molecule has 1 fully saturated rings. The van der Waals surface area contributed by atoms with Gasteiger partial charge in [-0.2, -0.15) is 0 Å². The average Bonchev–Trinajstić information content (AvgIpc) is 3.02. The van der Waals surface area contributed by atoms with Crippen LogP contribution in [0, 0.1) is 17.4 Å². The second-order valence-corrected chi connectivity index (χ2v) is 11.4. The van der Waals surface area contributed by atoms with Gasteiger partial charge in [0.05, 0.1) is 21.6 Å². The zero-order chi connectivity index (χ0) is 32.1. The van der Waals surface area contributed by atoms with Gasteiger partial charge in [0.2, 0.25) is 0 Å². The maximum Gasteiger partial charge on any atom is 0.343 e. The van der Waals surface area contributed by atoms with Gasteiger partial charge < -0.3 is 14.8 Å². The molecule has 1 N–H and O–H groups in total. The summed E-state index contributed by atoms with van der Waals surface area (Å²) in [6.45, 7) is 5.71. The maximum atomic E-state index is 13.8. The monoisotopic (exact) mass is 715 g/mol. The summed E-state index contributed by atoms with van der Waals surface area (Å²) in [6, 6.07) is 25.3. The molecule has 0 aromatic heterocycles. The summed E-state index contributed by atoms with van der Waals surface area (Å²) in [4.78, 5) is 55.8. The van der Waals surface area contributed by atoms with E-state index in [1.165, 1.54) is 6.08 Å². The smallest absolute Gasteiger partial charge is 0.343 e. The van der Waals surface area contributed by atoms with Gasteiger partial charge in [0.25, 0.3) is 17.7 Å². The maximum absolute atomic E-state index is 13.8. The molecule has 4 aromatic carbocycles. The molecule has 5 amide bonds. The molecular weight excluding hydrogens is 685 g/mol. The largest absolute Gasteiger partial charge is 0.490 e. The van der Waals surface area contributed by atoms with E-state index in [0.29, 0.717) is 44.3 Å². The van der Waals surface area contributed by atoms with Crippen molar-refractivity contribution >= 4 is 69.5 Å². The van der Waals surface area contributed by atoms with Crippen LogP contribution in [0.4, 0.5) is 21.9 Å². The first-order chi connectivity index (χ1) is 21.7. The zero-order valence-electron chi connectivity index (χ0n) is 24.9. The number of urea groups is 1. The number of aryl methyl sites for hydroxylation is 2. The standard InChI is InChI=1S/C35H30IN3O6/c1-4-44-30-20-24(19-28(36)32(30)45-21-31(40)37-29-17-22(2)15-16-23(29)3)18-27-33(41)38(25-11-7-5-8-12-25)35(43)39(34(27)42)26-13-9-6-10-14-26/h5-20H,4,21H2,1-3H3,(H,37,40). The number of nitrogens with zero attached hydrogens (tertiary/aromatic N) is 2. The van der Waals surface area contributed by atoms with Crippen molar-refractivity contribution in [2.45, 2.75) is 20.8 Å². The highest BCUT2D eigenvalue weighted by Gasteiger charge is 2.43. The van der Waals surface area contributed by atoms with E-state index < -0.39 is 17.8 Å². The predicted octanol–water partition coefficient (Wildman–Crippen LogP) is 6.91. The van der Waals surface area contributed by atoms with Crippen LogP contribution in [0.3, 0.4) is 0 Å². The minimum atomic E-state index is -0.771. The van der Waals surface area contributed by atoms with Crippen LogP contribution >= 0.6 is 22.6 Å². The number of benzene rings is 4. The van der Waals surface area contributed by atoms with Gasteiger partial charge >= 0.3 is 6.03 Å². The van der Waals surface area contributed by atoms with Crippen molar-refractivity contribution in [1.29, 1.82) is 0 Å². The van der Waals surface area contributed by atoms with E-state index in [4.69, 9.17) is 9.47 Å². The number of carbonyl (C=O) groups excluding carboxylic acids is 4. The van der Waals surface area contributed by atoms with Gasteiger partial charge in [-0.1, -0.05) is 48.5 Å². The number of para-hydroxylation sites is 2. The summed E-state index contributed by atoms with van der Waals surface area (Å²) in [5.41, 5.74) is 3.59. The number of carbonyl (C=O) groups is 4. The number of nitrogens with one attached hydrogen (secondary N) is 1. The van der Waals surface area contributed by atoms with Crippen LogP contribution in [0.5, 0.6) is 11.5 Å². The molecule has 1 heterocycles. The average molecular weight is 716 g/mol. The normalized spacial score (nSPS) is 13.2. The minimum Gasteiger partial charge on any atom is -0.490 e. The lowest BCUT2D eigenvalue weighted by Crippen LogP contribution is -2.57. The number of hydrogen-bond donors (Lipinski definition) is 1. The highest BCUT2D eigenvalue weighted by Crippen LogP contribution is 2.36. The van der Waals surface area contributed by atoms with Gasteiger partial charge in [-0.15, -0.1) is 0 Å². The number of amides is 5. The first-order valence-corrected chi connectivity index (χ1v) is 15.3. The molecule has 4 aromatic rings. The number of barbiturate groups is 1. The van der Waals surface area contributed by atoms with Crippen LogP contribution in [0.1, 0.15) is 23.6 Å². The summed E-state index contributed by atoms with van der Waals surface area (Å²) in [5.74, 6) is -1.15. The Labute approximate surface area is 274 Å². The van der Waals surface area contributed by atoms with Crippen molar-refractivity contribution < 1.29 is 28.7 Å². The van der Waals surface area contributed by atoms with E-state index >= 15 is 0 Å². The van der Waals surface area contributed by atoms with Gasteiger partial charge in [0, 0.05) is 5.69 Å². The Morgan fingerprint density at radius 1 is 0.822 bits per heavy atom. The molecule has 45 heavy (non-hydrogen) atoms. The van der Waals surface area contributed by atoms with Crippen LogP contribution in [0.15, 0.2) is 96.6 Å². The van der Waals surface area contributed by atoms with E-state index in [9.17, 15) is 19.2 Å². The van der Waals surface area contributed by atoms with Gasteiger partial charge in [0.15, 0.2) is 18.1 Å². The Balaban J connectivity index is 1.47. The molecule has 0 spiro atoms. The zero-order valence-corrected chi connectivity index (χ0v) is 27.0.